The molecule has 0 saturated heterocycles. The minimum absolute atomic E-state index is 0.980. The molecule has 1 aromatic heterocycles. The van der Waals surface area contributed by atoms with E-state index in [1.54, 1.807) is 11.9 Å². The second-order valence-corrected chi connectivity index (χ2v) is 3.46. The highest BCUT2D eigenvalue weighted by atomic mass is 32.2. The quantitative estimate of drug-likeness (QED) is 0.585. The van der Waals surface area contributed by atoms with E-state index >= 15 is 0 Å². The molecule has 0 N–H and O–H groups in total. The normalized spacial score (nSPS) is 18.3. The fourth-order valence-corrected chi connectivity index (χ4v) is 1.82. The third-order valence-electron chi connectivity index (χ3n) is 1.97. The molecular weight excluding hydrogens is 158 g/mol. The van der Waals surface area contributed by atoms with Crippen LogP contribution in [0.5, 0.6) is 0 Å². The highest BCUT2D eigenvalue weighted by Crippen LogP contribution is 2.15. The fraction of sp³-hybridized carbons (Fsp3) is 0.571. The number of fused-ring (bicyclic) bond motifs is 1. The van der Waals surface area contributed by atoms with Crippen LogP contribution in [0.25, 0.3) is 0 Å². The van der Waals surface area contributed by atoms with Crippen LogP contribution in [-0.2, 0) is 13.1 Å². The van der Waals surface area contributed by atoms with E-state index in [1.165, 1.54) is 5.82 Å². The molecule has 0 unspecified atom stereocenters. The lowest BCUT2D eigenvalue weighted by Crippen LogP contribution is -2.28. The van der Waals surface area contributed by atoms with Gasteiger partial charge in [0.2, 0.25) is 0 Å². The molecular formula is C7H11N3S. The van der Waals surface area contributed by atoms with Gasteiger partial charge in [0.25, 0.3) is 0 Å². The van der Waals surface area contributed by atoms with Gasteiger partial charge in [-0.2, -0.15) is 0 Å². The summed E-state index contributed by atoms with van der Waals surface area (Å²) in [7, 11) is 0. The van der Waals surface area contributed by atoms with Crippen molar-refractivity contribution in [1.29, 1.82) is 0 Å². The van der Waals surface area contributed by atoms with Crippen molar-refractivity contribution in [3.63, 3.8) is 0 Å². The van der Waals surface area contributed by atoms with Crippen LogP contribution in [0.4, 0.5) is 0 Å². The Kier molecular flexibility index (Phi) is 1.87. The van der Waals surface area contributed by atoms with Crippen molar-refractivity contribution in [2.45, 2.75) is 13.1 Å². The van der Waals surface area contributed by atoms with Gasteiger partial charge in [0, 0.05) is 25.5 Å². The second-order valence-electron chi connectivity index (χ2n) is 2.58. The van der Waals surface area contributed by atoms with Gasteiger partial charge in [-0.25, -0.2) is 9.29 Å². The number of hydrogen-bond donors (Lipinski definition) is 0. The van der Waals surface area contributed by atoms with E-state index in [4.69, 9.17) is 0 Å². The molecule has 0 saturated carbocycles. The van der Waals surface area contributed by atoms with E-state index in [0.717, 1.165) is 19.6 Å². The van der Waals surface area contributed by atoms with Crippen LogP contribution in [0.1, 0.15) is 5.82 Å². The molecule has 0 fully saturated rings. The first-order valence-corrected chi connectivity index (χ1v) is 4.87. The molecule has 60 valence electrons. The van der Waals surface area contributed by atoms with Crippen molar-refractivity contribution in [1.82, 2.24) is 13.9 Å². The van der Waals surface area contributed by atoms with Crippen molar-refractivity contribution < 1.29 is 0 Å². The number of imidazole rings is 1. The Morgan fingerprint density at radius 3 is 3.27 bits per heavy atom. The summed E-state index contributed by atoms with van der Waals surface area (Å²) in [6, 6.07) is 0. The third kappa shape index (κ3) is 1.28. The van der Waals surface area contributed by atoms with Gasteiger partial charge in [-0.05, 0) is 6.26 Å². The molecule has 0 aliphatic carbocycles. The number of nitrogens with zero attached hydrogens (tertiary/aromatic N) is 3. The molecule has 0 radical (unpaired) electrons. The van der Waals surface area contributed by atoms with Gasteiger partial charge in [0.05, 0.1) is 6.54 Å². The average Bonchev–Trinajstić information content (AvgIpc) is 2.50. The van der Waals surface area contributed by atoms with Gasteiger partial charge in [0.15, 0.2) is 0 Å². The molecule has 0 spiro atoms. The molecule has 2 rings (SSSR count). The Balaban J connectivity index is 2.18. The van der Waals surface area contributed by atoms with Crippen molar-refractivity contribution >= 4 is 11.9 Å². The second kappa shape index (κ2) is 2.87. The molecule has 1 aliphatic heterocycles. The van der Waals surface area contributed by atoms with Crippen molar-refractivity contribution in [3.8, 4) is 0 Å². The van der Waals surface area contributed by atoms with Crippen LogP contribution in [-0.4, -0.2) is 26.7 Å². The number of hydrogen-bond acceptors (Lipinski definition) is 3. The van der Waals surface area contributed by atoms with Crippen molar-refractivity contribution in [2.24, 2.45) is 0 Å². The molecule has 0 atom stereocenters. The first-order chi connectivity index (χ1) is 5.40. The van der Waals surface area contributed by atoms with E-state index in [2.05, 4.69) is 20.1 Å². The van der Waals surface area contributed by atoms with E-state index in [-0.39, 0.29) is 0 Å². The average molecular weight is 169 g/mol. The van der Waals surface area contributed by atoms with E-state index < -0.39 is 0 Å². The predicted molar refractivity (Wildman–Crippen MR) is 46.2 cm³/mol. The van der Waals surface area contributed by atoms with Crippen LogP contribution >= 0.6 is 11.9 Å². The zero-order valence-corrected chi connectivity index (χ0v) is 7.34. The van der Waals surface area contributed by atoms with Crippen LogP contribution in [0.3, 0.4) is 0 Å². The predicted octanol–water partition coefficient (Wildman–Crippen LogP) is 0.977. The molecule has 3 nitrogen and oxygen atoms in total. The fourth-order valence-electron chi connectivity index (χ4n) is 1.31. The summed E-state index contributed by atoms with van der Waals surface area (Å²) in [5, 5.41) is 0. The van der Waals surface area contributed by atoms with Crippen LogP contribution in [0.2, 0.25) is 0 Å². The first kappa shape index (κ1) is 7.18. The smallest absolute Gasteiger partial charge is 0.123 e. The lowest BCUT2D eigenvalue weighted by Gasteiger charge is -2.24. The maximum absolute atomic E-state index is 4.26. The van der Waals surface area contributed by atoms with Crippen LogP contribution in [0.15, 0.2) is 12.4 Å². The van der Waals surface area contributed by atoms with Crippen LogP contribution < -0.4 is 0 Å². The monoisotopic (exact) mass is 169 g/mol. The number of aromatic nitrogens is 2. The minimum atomic E-state index is 0.980. The van der Waals surface area contributed by atoms with Crippen molar-refractivity contribution in [2.75, 3.05) is 12.8 Å². The lowest BCUT2D eigenvalue weighted by molar-refractivity contribution is 0.369. The van der Waals surface area contributed by atoms with Crippen molar-refractivity contribution in [3.05, 3.63) is 18.2 Å². The Morgan fingerprint density at radius 1 is 1.55 bits per heavy atom. The van der Waals surface area contributed by atoms with Gasteiger partial charge in [0.1, 0.15) is 5.82 Å². The lowest BCUT2D eigenvalue weighted by atomic mass is 10.4. The Hall–Kier alpha value is -0.480. The number of rotatable bonds is 1. The largest absolute Gasteiger partial charge is 0.333 e. The SMILES string of the molecule is CSN1CCn2ccnc2C1. The molecule has 0 bridgehead atoms. The van der Waals surface area contributed by atoms with Crippen LogP contribution in [0, 0.1) is 0 Å². The summed E-state index contributed by atoms with van der Waals surface area (Å²) in [5.41, 5.74) is 0. The highest BCUT2D eigenvalue weighted by molar-refractivity contribution is 7.96. The Morgan fingerprint density at radius 2 is 2.45 bits per heavy atom. The molecule has 2 heterocycles. The standard InChI is InChI=1S/C7H11N3S/c1-11-10-5-4-9-3-2-8-7(9)6-10/h2-3H,4-6H2,1H3. The molecule has 4 heteroatoms. The summed E-state index contributed by atoms with van der Waals surface area (Å²) in [5.74, 6) is 1.19. The molecule has 0 amide bonds. The summed E-state index contributed by atoms with van der Waals surface area (Å²) in [6.45, 7) is 3.19. The zero-order chi connectivity index (χ0) is 7.68. The highest BCUT2D eigenvalue weighted by Gasteiger charge is 2.14. The summed E-state index contributed by atoms with van der Waals surface area (Å²) in [6.07, 6.45) is 6.03. The van der Waals surface area contributed by atoms with Gasteiger partial charge < -0.3 is 4.57 Å². The van der Waals surface area contributed by atoms with E-state index in [9.17, 15) is 0 Å². The van der Waals surface area contributed by atoms with E-state index in [1.807, 2.05) is 12.4 Å². The topological polar surface area (TPSA) is 21.1 Å². The third-order valence-corrected chi connectivity index (χ3v) is 2.80. The molecule has 1 aliphatic rings. The van der Waals surface area contributed by atoms with Gasteiger partial charge in [-0.1, -0.05) is 11.9 Å². The summed E-state index contributed by atoms with van der Waals surface area (Å²) < 4.78 is 4.54. The van der Waals surface area contributed by atoms with Gasteiger partial charge >= 0.3 is 0 Å². The molecule has 1 aromatic rings. The summed E-state index contributed by atoms with van der Waals surface area (Å²) >= 11 is 1.79. The minimum Gasteiger partial charge on any atom is -0.333 e. The summed E-state index contributed by atoms with van der Waals surface area (Å²) in [4.78, 5) is 4.26. The Bertz CT molecular complexity index is 246. The van der Waals surface area contributed by atoms with Gasteiger partial charge in [-0.3, -0.25) is 0 Å². The Labute approximate surface area is 70.5 Å². The molecule has 11 heavy (non-hydrogen) atoms. The zero-order valence-electron chi connectivity index (χ0n) is 6.53. The maximum Gasteiger partial charge on any atom is 0.123 e. The first-order valence-electron chi connectivity index (χ1n) is 3.69. The van der Waals surface area contributed by atoms with Gasteiger partial charge in [-0.15, -0.1) is 0 Å². The maximum atomic E-state index is 4.26. The van der Waals surface area contributed by atoms with E-state index in [0.29, 0.717) is 0 Å². The molecule has 0 aromatic carbocycles.